The highest BCUT2D eigenvalue weighted by atomic mass is 79.9. The van der Waals surface area contributed by atoms with E-state index in [1.54, 1.807) is 0 Å². The van der Waals surface area contributed by atoms with Gasteiger partial charge in [-0.3, -0.25) is 0 Å². The first kappa shape index (κ1) is 12.1. The lowest BCUT2D eigenvalue weighted by molar-refractivity contribution is 0.0532. The molecular formula is C9H12Br2N2O. The van der Waals surface area contributed by atoms with E-state index in [2.05, 4.69) is 48.8 Å². The van der Waals surface area contributed by atoms with Crippen molar-refractivity contribution in [3.05, 3.63) is 21.1 Å². The molecule has 0 aliphatic carbocycles. The molecule has 0 saturated heterocycles. The molecule has 0 saturated carbocycles. The third-order valence-corrected chi connectivity index (χ3v) is 2.52. The molecule has 1 aromatic rings. The van der Waals surface area contributed by atoms with Crippen LogP contribution >= 0.6 is 31.9 Å². The van der Waals surface area contributed by atoms with E-state index < -0.39 is 0 Å². The van der Waals surface area contributed by atoms with Gasteiger partial charge in [-0.15, -0.1) is 0 Å². The summed E-state index contributed by atoms with van der Waals surface area (Å²) in [6, 6.07) is 1.81. The number of rotatable bonds is 4. The molecule has 1 rings (SSSR count). The summed E-state index contributed by atoms with van der Waals surface area (Å²) in [6.45, 7) is 4.69. The lowest BCUT2D eigenvalue weighted by atomic mass is 10.2. The number of hydrogen-bond acceptors (Lipinski definition) is 3. The molecule has 3 nitrogen and oxygen atoms in total. The SMILES string of the molecule is CCOC(CC)c1nc(Br)cc(Br)n1. The molecule has 14 heavy (non-hydrogen) atoms. The Balaban J connectivity index is 2.91. The second-order valence-corrected chi connectivity index (χ2v) is 4.35. The maximum atomic E-state index is 5.52. The Labute approximate surface area is 101 Å². The van der Waals surface area contributed by atoms with Gasteiger partial charge >= 0.3 is 0 Å². The van der Waals surface area contributed by atoms with Crippen molar-refractivity contribution < 1.29 is 4.74 Å². The van der Waals surface area contributed by atoms with E-state index >= 15 is 0 Å². The molecule has 1 heterocycles. The lowest BCUT2D eigenvalue weighted by Crippen LogP contribution is -2.08. The molecule has 0 aliphatic heterocycles. The summed E-state index contributed by atoms with van der Waals surface area (Å²) in [6.07, 6.45) is 0.852. The van der Waals surface area contributed by atoms with Crippen LogP contribution in [-0.2, 0) is 4.74 Å². The Bertz CT molecular complexity index is 287. The van der Waals surface area contributed by atoms with Gasteiger partial charge in [0.05, 0.1) is 0 Å². The first-order valence-electron chi connectivity index (χ1n) is 4.49. The molecule has 1 atom stereocenters. The zero-order chi connectivity index (χ0) is 10.6. The number of ether oxygens (including phenoxy) is 1. The molecule has 0 bridgehead atoms. The van der Waals surface area contributed by atoms with Gasteiger partial charge in [-0.25, -0.2) is 9.97 Å². The van der Waals surface area contributed by atoms with E-state index in [4.69, 9.17) is 4.74 Å². The Kier molecular flexibility index (Phi) is 4.98. The summed E-state index contributed by atoms with van der Waals surface area (Å²) in [5, 5.41) is 0. The fourth-order valence-electron chi connectivity index (χ4n) is 1.13. The largest absolute Gasteiger partial charge is 0.371 e. The second kappa shape index (κ2) is 5.78. The van der Waals surface area contributed by atoms with Crippen LogP contribution in [0.25, 0.3) is 0 Å². The number of nitrogens with zero attached hydrogens (tertiary/aromatic N) is 2. The van der Waals surface area contributed by atoms with Gasteiger partial charge in [-0.1, -0.05) is 6.92 Å². The van der Waals surface area contributed by atoms with Crippen LogP contribution in [0, 0.1) is 0 Å². The summed E-state index contributed by atoms with van der Waals surface area (Å²) >= 11 is 6.65. The standard InChI is InChI=1S/C9H12Br2N2O/c1-3-6(14-4-2)9-12-7(10)5-8(11)13-9/h5-6H,3-4H2,1-2H3. The van der Waals surface area contributed by atoms with Gasteiger partial charge in [0.2, 0.25) is 0 Å². The third-order valence-electron chi connectivity index (χ3n) is 1.71. The summed E-state index contributed by atoms with van der Waals surface area (Å²) < 4.78 is 7.06. The van der Waals surface area contributed by atoms with E-state index in [1.165, 1.54) is 0 Å². The quantitative estimate of drug-likeness (QED) is 0.796. The fourth-order valence-corrected chi connectivity index (χ4v) is 2.23. The predicted octanol–water partition coefficient (Wildman–Crippen LogP) is 3.49. The van der Waals surface area contributed by atoms with Gasteiger partial charge in [-0.2, -0.15) is 0 Å². The Morgan fingerprint density at radius 1 is 1.29 bits per heavy atom. The molecule has 0 amide bonds. The molecule has 78 valence electrons. The van der Waals surface area contributed by atoms with Gasteiger partial charge in [0.25, 0.3) is 0 Å². The summed E-state index contributed by atoms with van der Waals surface area (Å²) in [5.74, 6) is 0.718. The van der Waals surface area contributed by atoms with E-state index in [0.717, 1.165) is 21.5 Å². The zero-order valence-electron chi connectivity index (χ0n) is 8.13. The van der Waals surface area contributed by atoms with Crippen LogP contribution in [0.5, 0.6) is 0 Å². The molecule has 0 fully saturated rings. The van der Waals surface area contributed by atoms with Crippen LogP contribution in [0.4, 0.5) is 0 Å². The van der Waals surface area contributed by atoms with Crippen molar-refractivity contribution in [2.75, 3.05) is 6.61 Å². The van der Waals surface area contributed by atoms with Crippen molar-refractivity contribution in [1.29, 1.82) is 0 Å². The van der Waals surface area contributed by atoms with Crippen LogP contribution in [0.3, 0.4) is 0 Å². The van der Waals surface area contributed by atoms with Gasteiger partial charge < -0.3 is 4.74 Å². The molecule has 0 radical (unpaired) electrons. The highest BCUT2D eigenvalue weighted by Crippen LogP contribution is 2.21. The Morgan fingerprint density at radius 3 is 2.29 bits per heavy atom. The minimum Gasteiger partial charge on any atom is -0.371 e. The van der Waals surface area contributed by atoms with Crippen LogP contribution in [0.1, 0.15) is 32.2 Å². The van der Waals surface area contributed by atoms with E-state index in [0.29, 0.717) is 6.61 Å². The summed E-state index contributed by atoms with van der Waals surface area (Å²) in [5.41, 5.74) is 0. The molecule has 0 spiro atoms. The van der Waals surface area contributed by atoms with Crippen molar-refractivity contribution in [3.63, 3.8) is 0 Å². The van der Waals surface area contributed by atoms with E-state index in [-0.39, 0.29) is 6.10 Å². The van der Waals surface area contributed by atoms with Gasteiger partial charge in [0, 0.05) is 12.7 Å². The van der Waals surface area contributed by atoms with Crippen molar-refractivity contribution in [1.82, 2.24) is 9.97 Å². The molecule has 0 aliphatic rings. The smallest absolute Gasteiger partial charge is 0.159 e. The number of hydrogen-bond donors (Lipinski definition) is 0. The first-order valence-corrected chi connectivity index (χ1v) is 6.07. The van der Waals surface area contributed by atoms with Crippen LogP contribution in [-0.4, -0.2) is 16.6 Å². The maximum absolute atomic E-state index is 5.52. The first-order chi connectivity index (χ1) is 6.67. The highest BCUT2D eigenvalue weighted by molar-refractivity contribution is 9.11. The minimum atomic E-state index is -0.0196. The maximum Gasteiger partial charge on any atom is 0.159 e. The average molecular weight is 324 g/mol. The van der Waals surface area contributed by atoms with Crippen molar-refractivity contribution in [2.24, 2.45) is 0 Å². The molecule has 0 N–H and O–H groups in total. The third kappa shape index (κ3) is 3.29. The van der Waals surface area contributed by atoms with Crippen molar-refractivity contribution in [3.8, 4) is 0 Å². The fraction of sp³-hybridized carbons (Fsp3) is 0.556. The highest BCUT2D eigenvalue weighted by Gasteiger charge is 2.13. The van der Waals surface area contributed by atoms with E-state index in [9.17, 15) is 0 Å². The van der Waals surface area contributed by atoms with Gasteiger partial charge in [-0.05, 0) is 45.2 Å². The Morgan fingerprint density at radius 2 is 1.86 bits per heavy atom. The van der Waals surface area contributed by atoms with Crippen LogP contribution in [0.2, 0.25) is 0 Å². The normalized spacial score (nSPS) is 12.9. The van der Waals surface area contributed by atoms with Gasteiger partial charge in [0.1, 0.15) is 15.3 Å². The van der Waals surface area contributed by atoms with Crippen molar-refractivity contribution >= 4 is 31.9 Å². The van der Waals surface area contributed by atoms with Crippen molar-refractivity contribution in [2.45, 2.75) is 26.4 Å². The van der Waals surface area contributed by atoms with Gasteiger partial charge in [0.15, 0.2) is 5.82 Å². The average Bonchev–Trinajstić information content (AvgIpc) is 2.12. The number of halogens is 2. The molecular weight excluding hydrogens is 312 g/mol. The number of aromatic nitrogens is 2. The van der Waals surface area contributed by atoms with Crippen LogP contribution < -0.4 is 0 Å². The molecule has 1 unspecified atom stereocenters. The summed E-state index contributed by atoms with van der Waals surface area (Å²) in [7, 11) is 0. The minimum absolute atomic E-state index is 0.0196. The van der Waals surface area contributed by atoms with Crippen LogP contribution in [0.15, 0.2) is 15.3 Å². The zero-order valence-corrected chi connectivity index (χ0v) is 11.3. The Hall–Kier alpha value is -0.0000000000000000555. The lowest BCUT2D eigenvalue weighted by Gasteiger charge is -2.13. The van der Waals surface area contributed by atoms with E-state index in [1.807, 2.05) is 13.0 Å². The monoisotopic (exact) mass is 322 g/mol. The topological polar surface area (TPSA) is 35.0 Å². The second-order valence-electron chi connectivity index (χ2n) is 2.72. The molecule has 5 heteroatoms. The molecule has 1 aromatic heterocycles. The molecule has 0 aromatic carbocycles. The predicted molar refractivity (Wildman–Crippen MR) is 62.1 cm³/mol. The summed E-state index contributed by atoms with van der Waals surface area (Å²) in [4.78, 5) is 8.55.